The minimum atomic E-state index is -0.829. The first-order valence-electron chi connectivity index (χ1n) is 7.69. The maximum absolute atomic E-state index is 11.8. The highest BCUT2D eigenvalue weighted by atomic mass is 16.6. The summed E-state index contributed by atoms with van der Waals surface area (Å²) in [4.78, 5) is 35.2. The number of ether oxygens (including phenoxy) is 3. The van der Waals surface area contributed by atoms with E-state index in [2.05, 4.69) is 10.1 Å². The number of hydrogen-bond acceptors (Lipinski definition) is 6. The van der Waals surface area contributed by atoms with Crippen LogP contribution in [0.1, 0.15) is 32.8 Å². The second kappa shape index (κ2) is 9.46. The number of methoxy groups -OCH3 is 1. The van der Waals surface area contributed by atoms with Crippen molar-refractivity contribution in [3.63, 3.8) is 0 Å². The van der Waals surface area contributed by atoms with E-state index in [9.17, 15) is 14.4 Å². The quantitative estimate of drug-likeness (QED) is 0.482. The first-order chi connectivity index (χ1) is 11.7. The van der Waals surface area contributed by atoms with Crippen molar-refractivity contribution in [3.8, 4) is 0 Å². The number of rotatable bonds is 6. The molecule has 1 aromatic rings. The van der Waals surface area contributed by atoms with Gasteiger partial charge < -0.3 is 14.2 Å². The lowest BCUT2D eigenvalue weighted by atomic mass is 10.2. The number of nitrogens with one attached hydrogen (secondary N) is 1. The third kappa shape index (κ3) is 8.55. The van der Waals surface area contributed by atoms with Gasteiger partial charge >= 0.3 is 18.0 Å². The number of benzene rings is 1. The van der Waals surface area contributed by atoms with Gasteiger partial charge in [0.2, 0.25) is 0 Å². The predicted octanol–water partition coefficient (Wildman–Crippen LogP) is 2.70. The lowest BCUT2D eigenvalue weighted by Gasteiger charge is -2.19. The summed E-state index contributed by atoms with van der Waals surface area (Å²) in [6, 6.07) is 9.08. The molecular formula is C18H23NO6. The lowest BCUT2D eigenvalue weighted by molar-refractivity contribution is -0.153. The summed E-state index contributed by atoms with van der Waals surface area (Å²) in [5.41, 5.74) is -0.0281. The molecular weight excluding hydrogens is 326 g/mol. The van der Waals surface area contributed by atoms with Crippen molar-refractivity contribution >= 4 is 18.0 Å². The van der Waals surface area contributed by atoms with E-state index < -0.39 is 23.6 Å². The van der Waals surface area contributed by atoms with Crippen LogP contribution in [-0.4, -0.2) is 30.7 Å². The van der Waals surface area contributed by atoms with Gasteiger partial charge in [0.15, 0.2) is 0 Å². The zero-order chi connectivity index (χ0) is 18.9. The van der Waals surface area contributed by atoms with E-state index in [0.717, 1.165) is 5.56 Å². The summed E-state index contributed by atoms with van der Waals surface area (Å²) in [6.07, 6.45) is 0.203. The van der Waals surface area contributed by atoms with Crippen LogP contribution in [0.2, 0.25) is 0 Å². The van der Waals surface area contributed by atoms with Crippen molar-refractivity contribution in [1.82, 2.24) is 5.32 Å². The highest BCUT2D eigenvalue weighted by Crippen LogP contribution is 2.09. The van der Waals surface area contributed by atoms with E-state index in [4.69, 9.17) is 9.47 Å². The van der Waals surface area contributed by atoms with Crippen LogP contribution in [-0.2, 0) is 30.4 Å². The minimum Gasteiger partial charge on any atom is -0.464 e. The van der Waals surface area contributed by atoms with Gasteiger partial charge in [-0.15, -0.1) is 0 Å². The lowest BCUT2D eigenvalue weighted by Crippen LogP contribution is -2.29. The summed E-state index contributed by atoms with van der Waals surface area (Å²) >= 11 is 0. The van der Waals surface area contributed by atoms with E-state index in [-0.39, 0.29) is 18.7 Å². The highest BCUT2D eigenvalue weighted by molar-refractivity contribution is 5.92. The zero-order valence-electron chi connectivity index (χ0n) is 14.8. The molecule has 0 bridgehead atoms. The first-order valence-corrected chi connectivity index (χ1v) is 7.69. The molecule has 136 valence electrons. The van der Waals surface area contributed by atoms with Gasteiger partial charge in [-0.05, 0) is 32.4 Å². The molecule has 0 aliphatic heterocycles. The number of amides is 1. The molecule has 0 saturated heterocycles. The molecule has 1 aromatic carbocycles. The van der Waals surface area contributed by atoms with Crippen molar-refractivity contribution in [1.29, 1.82) is 0 Å². The maximum atomic E-state index is 11.8. The largest absolute Gasteiger partial charge is 0.464 e. The average Bonchev–Trinajstić information content (AvgIpc) is 2.55. The number of hydrogen-bond donors (Lipinski definition) is 1. The molecule has 7 nitrogen and oxygen atoms in total. The number of carbonyl (C=O) groups is 3. The second-order valence-corrected chi connectivity index (χ2v) is 6.09. The number of alkyl carbamates (subject to hydrolysis) is 1. The van der Waals surface area contributed by atoms with Crippen LogP contribution in [0.25, 0.3) is 0 Å². The van der Waals surface area contributed by atoms with Crippen molar-refractivity contribution in [2.24, 2.45) is 0 Å². The highest BCUT2D eigenvalue weighted by Gasteiger charge is 2.18. The molecule has 1 rings (SSSR count). The van der Waals surface area contributed by atoms with Gasteiger partial charge in [-0.3, -0.25) is 10.1 Å². The summed E-state index contributed by atoms with van der Waals surface area (Å²) in [7, 11) is 1.17. The Morgan fingerprint density at radius 1 is 1.12 bits per heavy atom. The molecule has 1 amide bonds. The third-order valence-electron chi connectivity index (χ3n) is 2.75. The summed E-state index contributed by atoms with van der Waals surface area (Å²) in [5, 5.41) is 2.27. The standard InChI is InChI=1S/C18H23NO6/c1-18(2,3)25-15(20)11-10-14(16(21)23-4)19-17(22)24-12-13-8-6-5-7-9-13/h5-10H,11-12H2,1-4H3,(H,19,22)/b14-10+. The van der Waals surface area contributed by atoms with E-state index in [0.29, 0.717) is 0 Å². The van der Waals surface area contributed by atoms with Crippen LogP contribution in [0.3, 0.4) is 0 Å². The Hall–Kier alpha value is -2.83. The van der Waals surface area contributed by atoms with E-state index in [1.54, 1.807) is 32.9 Å². The Bertz CT molecular complexity index is 631. The molecule has 0 aliphatic rings. The Morgan fingerprint density at radius 3 is 2.32 bits per heavy atom. The van der Waals surface area contributed by atoms with Crippen molar-refractivity contribution in [3.05, 3.63) is 47.7 Å². The molecule has 25 heavy (non-hydrogen) atoms. The van der Waals surface area contributed by atoms with E-state index in [1.807, 2.05) is 18.2 Å². The minimum absolute atomic E-state index is 0.0488. The molecule has 0 aromatic heterocycles. The van der Waals surface area contributed by atoms with Gasteiger partial charge in [-0.25, -0.2) is 9.59 Å². The van der Waals surface area contributed by atoms with Gasteiger partial charge in [-0.1, -0.05) is 30.3 Å². The molecule has 0 radical (unpaired) electrons. The number of esters is 2. The number of carbonyl (C=O) groups excluding carboxylic acids is 3. The predicted molar refractivity (Wildman–Crippen MR) is 90.3 cm³/mol. The fourth-order valence-corrected chi connectivity index (χ4v) is 1.73. The zero-order valence-corrected chi connectivity index (χ0v) is 14.8. The van der Waals surface area contributed by atoms with Gasteiger partial charge in [-0.2, -0.15) is 0 Å². The monoisotopic (exact) mass is 349 g/mol. The van der Waals surface area contributed by atoms with Crippen molar-refractivity contribution in [2.45, 2.75) is 39.4 Å². The molecule has 0 spiro atoms. The Morgan fingerprint density at radius 2 is 1.76 bits per heavy atom. The average molecular weight is 349 g/mol. The Kier molecular flexibility index (Phi) is 7.65. The topological polar surface area (TPSA) is 90.9 Å². The van der Waals surface area contributed by atoms with Gasteiger partial charge in [0, 0.05) is 0 Å². The smallest absolute Gasteiger partial charge is 0.412 e. The molecule has 0 saturated carbocycles. The van der Waals surface area contributed by atoms with Crippen LogP contribution in [0.5, 0.6) is 0 Å². The third-order valence-corrected chi connectivity index (χ3v) is 2.75. The molecule has 1 N–H and O–H groups in total. The van der Waals surface area contributed by atoms with Gasteiger partial charge in [0.25, 0.3) is 0 Å². The van der Waals surface area contributed by atoms with Crippen LogP contribution >= 0.6 is 0 Å². The maximum Gasteiger partial charge on any atom is 0.412 e. The normalized spacial score (nSPS) is 11.4. The van der Waals surface area contributed by atoms with Crippen molar-refractivity contribution < 1.29 is 28.6 Å². The molecule has 0 fully saturated rings. The fraction of sp³-hybridized carbons (Fsp3) is 0.389. The summed E-state index contributed by atoms with van der Waals surface area (Å²) in [5.74, 6) is -1.33. The molecule has 0 heterocycles. The Labute approximate surface area is 146 Å². The van der Waals surface area contributed by atoms with Crippen LogP contribution < -0.4 is 5.32 Å². The van der Waals surface area contributed by atoms with Crippen LogP contribution in [0.4, 0.5) is 4.79 Å². The SMILES string of the molecule is COC(=O)/C(=C\CC(=O)OC(C)(C)C)NC(=O)OCc1ccccc1. The second-order valence-electron chi connectivity index (χ2n) is 6.09. The molecule has 0 unspecified atom stereocenters. The molecule has 0 aliphatic carbocycles. The van der Waals surface area contributed by atoms with Crippen LogP contribution in [0.15, 0.2) is 42.1 Å². The first kappa shape index (κ1) is 20.2. The van der Waals surface area contributed by atoms with Crippen molar-refractivity contribution in [2.75, 3.05) is 7.11 Å². The van der Waals surface area contributed by atoms with Crippen LogP contribution in [0, 0.1) is 0 Å². The molecule has 0 atom stereocenters. The molecule has 7 heteroatoms. The van der Waals surface area contributed by atoms with Gasteiger partial charge in [0.05, 0.1) is 13.5 Å². The summed E-state index contributed by atoms with van der Waals surface area (Å²) in [6.45, 7) is 5.24. The van der Waals surface area contributed by atoms with E-state index in [1.165, 1.54) is 13.2 Å². The Balaban J connectivity index is 2.62. The fourth-order valence-electron chi connectivity index (χ4n) is 1.73. The van der Waals surface area contributed by atoms with E-state index >= 15 is 0 Å². The van der Waals surface area contributed by atoms with Gasteiger partial charge in [0.1, 0.15) is 17.9 Å². The summed E-state index contributed by atoms with van der Waals surface area (Å²) < 4.78 is 14.7.